The van der Waals surface area contributed by atoms with Crippen LogP contribution in [0.15, 0.2) is 0 Å². The maximum absolute atomic E-state index is 3.05. The van der Waals surface area contributed by atoms with Crippen molar-refractivity contribution in [1.82, 2.24) is 29.4 Å². The first kappa shape index (κ1) is 31.4. The van der Waals surface area contributed by atoms with Crippen molar-refractivity contribution in [3.05, 3.63) is 0 Å². The van der Waals surface area contributed by atoms with Crippen LogP contribution in [0.25, 0.3) is 0 Å². The zero-order chi connectivity index (χ0) is 29.3. The van der Waals surface area contributed by atoms with Gasteiger partial charge in [0.2, 0.25) is 0 Å². The molecule has 246 valence electrons. The molecule has 0 aromatic heterocycles. The van der Waals surface area contributed by atoms with E-state index in [2.05, 4.69) is 50.5 Å². The van der Waals surface area contributed by atoms with Gasteiger partial charge in [0, 0.05) is 38.8 Å². The molecule has 7 rings (SSSR count). The Labute approximate surface area is 265 Å². The van der Waals surface area contributed by atoms with Crippen LogP contribution >= 0.6 is 0 Å². The van der Waals surface area contributed by atoms with Crippen LogP contribution in [0, 0.1) is 47.3 Å². The number of hydrogen-bond acceptors (Lipinski definition) is 6. The van der Waals surface area contributed by atoms with Gasteiger partial charge in [-0.3, -0.25) is 0 Å². The zero-order valence-electron chi connectivity index (χ0n) is 28.6. The van der Waals surface area contributed by atoms with E-state index in [1.54, 1.807) is 0 Å². The summed E-state index contributed by atoms with van der Waals surface area (Å²) in [6, 6.07) is 0.874. The molecule has 0 amide bonds. The van der Waals surface area contributed by atoms with Crippen molar-refractivity contribution in [3.63, 3.8) is 0 Å². The van der Waals surface area contributed by atoms with Crippen LogP contribution in [-0.2, 0) is 0 Å². The van der Waals surface area contributed by atoms with Gasteiger partial charge in [0.1, 0.15) is 0 Å². The van der Waals surface area contributed by atoms with E-state index < -0.39 is 0 Å². The van der Waals surface area contributed by atoms with E-state index in [1.807, 2.05) is 0 Å². The second-order valence-electron chi connectivity index (χ2n) is 17.2. The molecular weight excluding hydrogens is 528 g/mol. The Morgan fingerprint density at radius 1 is 0.465 bits per heavy atom. The third-order valence-corrected chi connectivity index (χ3v) is 14.3. The first-order valence-electron chi connectivity index (χ1n) is 19.2. The van der Waals surface area contributed by atoms with Gasteiger partial charge in [-0.2, -0.15) is 0 Å². The van der Waals surface area contributed by atoms with Gasteiger partial charge < -0.3 is 29.4 Å². The van der Waals surface area contributed by atoms with Gasteiger partial charge in [-0.1, -0.05) is 0 Å². The van der Waals surface area contributed by atoms with Gasteiger partial charge in [-0.05, 0) is 198 Å². The van der Waals surface area contributed by atoms with Crippen molar-refractivity contribution in [1.29, 1.82) is 0 Å². The summed E-state index contributed by atoms with van der Waals surface area (Å²) in [6.45, 7) is 19.2. The standard InChI is InChI=1S/C37H68N6/c1-38-13-4-29(5-14-38)26-42-19-10-34-23-35(43-20-11-32(12-21-43)31-7-15-39(2)16-8-31)22-33-9-18-41(27-36(33)37(34)28-42)17-6-30-24-40(3)25-30/h29-37H,4-28H2,1-3H3/t33-,34?,35?,36?,37?/m0/s1. The largest absolute Gasteiger partial charge is 0.306 e. The molecule has 7 aliphatic rings. The molecule has 6 saturated heterocycles. The number of fused-ring (bicyclic) bond motifs is 3. The van der Waals surface area contributed by atoms with Crippen LogP contribution in [0.2, 0.25) is 0 Å². The van der Waals surface area contributed by atoms with Gasteiger partial charge in [0.15, 0.2) is 0 Å². The molecule has 0 N–H and O–H groups in total. The van der Waals surface area contributed by atoms with Crippen molar-refractivity contribution in [2.45, 2.75) is 76.7 Å². The maximum atomic E-state index is 3.05. The summed E-state index contributed by atoms with van der Waals surface area (Å²) in [5.41, 5.74) is 0. The summed E-state index contributed by atoms with van der Waals surface area (Å²) in [5, 5.41) is 0. The van der Waals surface area contributed by atoms with Crippen LogP contribution in [0.4, 0.5) is 0 Å². The molecule has 4 unspecified atom stereocenters. The quantitative estimate of drug-likeness (QED) is 0.432. The number of nitrogens with zero attached hydrogens (tertiary/aromatic N) is 6. The van der Waals surface area contributed by atoms with Gasteiger partial charge in [-0.15, -0.1) is 0 Å². The Hall–Kier alpha value is -0.240. The molecule has 6 aliphatic heterocycles. The maximum Gasteiger partial charge on any atom is 0.0101 e. The minimum atomic E-state index is 0.874. The number of rotatable bonds is 7. The molecule has 43 heavy (non-hydrogen) atoms. The number of likely N-dealkylation sites (tertiary alicyclic amines) is 6. The predicted molar refractivity (Wildman–Crippen MR) is 179 cm³/mol. The van der Waals surface area contributed by atoms with Crippen LogP contribution in [0.5, 0.6) is 0 Å². The molecule has 7 fully saturated rings. The molecule has 1 aliphatic carbocycles. The lowest BCUT2D eigenvalue weighted by atomic mass is 9.70. The minimum absolute atomic E-state index is 0.874. The summed E-state index contributed by atoms with van der Waals surface area (Å²) in [5.74, 6) is 7.77. The summed E-state index contributed by atoms with van der Waals surface area (Å²) < 4.78 is 0. The van der Waals surface area contributed by atoms with Crippen molar-refractivity contribution >= 4 is 0 Å². The average Bonchev–Trinajstić information content (AvgIpc) is 3.17. The first-order valence-corrected chi connectivity index (χ1v) is 19.2. The molecule has 6 heteroatoms. The molecule has 0 radical (unpaired) electrons. The third-order valence-electron chi connectivity index (χ3n) is 14.3. The van der Waals surface area contributed by atoms with Gasteiger partial charge in [-0.25, -0.2) is 0 Å². The predicted octanol–water partition coefficient (Wildman–Crippen LogP) is 4.37. The van der Waals surface area contributed by atoms with E-state index in [9.17, 15) is 0 Å². The summed E-state index contributed by atoms with van der Waals surface area (Å²) in [6.07, 6.45) is 16.2. The Morgan fingerprint density at radius 3 is 1.58 bits per heavy atom. The second-order valence-corrected chi connectivity index (χ2v) is 17.2. The fourth-order valence-electron chi connectivity index (χ4n) is 11.5. The van der Waals surface area contributed by atoms with E-state index in [0.29, 0.717) is 0 Å². The highest BCUT2D eigenvalue weighted by Crippen LogP contribution is 2.47. The van der Waals surface area contributed by atoms with Crippen LogP contribution in [0.1, 0.15) is 70.6 Å². The highest BCUT2D eigenvalue weighted by Gasteiger charge is 2.46. The highest BCUT2D eigenvalue weighted by molar-refractivity contribution is 4.99. The Balaban J connectivity index is 0.992. The molecule has 1 saturated carbocycles. The van der Waals surface area contributed by atoms with E-state index in [0.717, 1.165) is 53.4 Å². The van der Waals surface area contributed by atoms with Crippen molar-refractivity contribution in [3.8, 4) is 0 Å². The minimum Gasteiger partial charge on any atom is -0.306 e. The molecule has 5 atom stereocenters. The second kappa shape index (κ2) is 14.3. The van der Waals surface area contributed by atoms with E-state index in [-0.39, 0.29) is 0 Å². The topological polar surface area (TPSA) is 19.4 Å². The third kappa shape index (κ3) is 7.67. The molecule has 6 nitrogen and oxygen atoms in total. The molecule has 0 bridgehead atoms. The van der Waals surface area contributed by atoms with E-state index in [4.69, 9.17) is 0 Å². The molecular formula is C37H68N6. The van der Waals surface area contributed by atoms with E-state index in [1.165, 1.54) is 162 Å². The normalized spacial score (nSPS) is 38.4. The van der Waals surface area contributed by atoms with Crippen LogP contribution in [0.3, 0.4) is 0 Å². The van der Waals surface area contributed by atoms with Gasteiger partial charge in [0.05, 0.1) is 0 Å². The Morgan fingerprint density at radius 2 is 0.977 bits per heavy atom. The smallest absolute Gasteiger partial charge is 0.0101 e. The number of piperidine rings is 5. The summed E-state index contributed by atoms with van der Waals surface area (Å²) in [4.78, 5) is 16.6. The molecule has 6 heterocycles. The lowest BCUT2D eigenvalue weighted by Gasteiger charge is -2.48. The highest BCUT2D eigenvalue weighted by atomic mass is 15.2. The fourth-order valence-corrected chi connectivity index (χ4v) is 11.5. The van der Waals surface area contributed by atoms with Crippen LogP contribution < -0.4 is 0 Å². The zero-order valence-corrected chi connectivity index (χ0v) is 28.6. The Kier molecular flexibility index (Phi) is 10.4. The van der Waals surface area contributed by atoms with Crippen molar-refractivity contribution in [2.24, 2.45) is 47.3 Å². The van der Waals surface area contributed by atoms with Gasteiger partial charge in [0.25, 0.3) is 0 Å². The van der Waals surface area contributed by atoms with Gasteiger partial charge >= 0.3 is 0 Å². The lowest BCUT2D eigenvalue weighted by Crippen LogP contribution is -2.52. The monoisotopic (exact) mass is 597 g/mol. The summed E-state index contributed by atoms with van der Waals surface area (Å²) in [7, 11) is 6.93. The lowest BCUT2D eigenvalue weighted by molar-refractivity contribution is 0.00675. The van der Waals surface area contributed by atoms with E-state index >= 15 is 0 Å². The molecule has 0 aromatic carbocycles. The molecule has 0 aromatic rings. The molecule has 0 spiro atoms. The van der Waals surface area contributed by atoms with Crippen molar-refractivity contribution < 1.29 is 0 Å². The van der Waals surface area contributed by atoms with Crippen LogP contribution in [-0.4, -0.2) is 148 Å². The fraction of sp³-hybridized carbons (Fsp3) is 1.00. The first-order chi connectivity index (χ1) is 21.0. The van der Waals surface area contributed by atoms with Crippen molar-refractivity contribution in [2.75, 3.05) is 113 Å². The summed E-state index contributed by atoms with van der Waals surface area (Å²) >= 11 is 0. The average molecular weight is 597 g/mol. The number of hydrogen-bond donors (Lipinski definition) is 0. The Bertz CT molecular complexity index is 853. The SMILES string of the molecule is CN1CCC(CN2CCC3CC(N4CCC(C5CCN(C)CC5)CC4)C[C@@H]4CCN(CCC5CN(C)C5)CC4C3C2)CC1.